The highest BCUT2D eigenvalue weighted by molar-refractivity contribution is 9.10. The molecule has 1 heterocycles. The number of sulfone groups is 1. The molecule has 0 aromatic heterocycles. The van der Waals surface area contributed by atoms with E-state index in [1.54, 1.807) is 0 Å². The van der Waals surface area contributed by atoms with Gasteiger partial charge in [-0.25, -0.2) is 12.8 Å². The number of amides is 1. The lowest BCUT2D eigenvalue weighted by molar-refractivity contribution is 0.0946. The van der Waals surface area contributed by atoms with E-state index in [0.717, 1.165) is 11.5 Å². The van der Waals surface area contributed by atoms with Crippen LogP contribution in [0.3, 0.4) is 0 Å². The Balaban J connectivity index is 2.14. The van der Waals surface area contributed by atoms with Crippen molar-refractivity contribution in [3.05, 3.63) is 45.5 Å². The second-order valence-corrected chi connectivity index (χ2v) is 6.65. The molecule has 1 unspecified atom stereocenters. The molecule has 1 aliphatic rings. The van der Waals surface area contributed by atoms with Gasteiger partial charge in [0, 0.05) is 9.88 Å². The summed E-state index contributed by atoms with van der Waals surface area (Å²) in [6.45, 7) is 0. The van der Waals surface area contributed by atoms with Crippen molar-refractivity contribution in [1.82, 2.24) is 5.32 Å². The maximum atomic E-state index is 13.0. The highest BCUT2D eigenvalue weighted by Gasteiger charge is 2.24. The quantitative estimate of drug-likeness (QED) is 0.894. The number of hydrogen-bond acceptors (Lipinski definition) is 3. The van der Waals surface area contributed by atoms with E-state index in [2.05, 4.69) is 21.2 Å². The summed E-state index contributed by atoms with van der Waals surface area (Å²) in [5, 5.41) is 3.59. The number of rotatable bonds is 2. The lowest BCUT2D eigenvalue weighted by Crippen LogP contribution is -2.35. The Labute approximate surface area is 112 Å². The summed E-state index contributed by atoms with van der Waals surface area (Å²) in [5.74, 6) is -1.21. The first-order valence-electron chi connectivity index (χ1n) is 5.04. The van der Waals surface area contributed by atoms with Gasteiger partial charge in [0.25, 0.3) is 5.91 Å². The minimum Gasteiger partial charge on any atom is -0.345 e. The zero-order chi connectivity index (χ0) is 13.3. The summed E-state index contributed by atoms with van der Waals surface area (Å²) in [5.41, 5.74) is 0.132. The van der Waals surface area contributed by atoms with Crippen molar-refractivity contribution in [2.75, 3.05) is 5.75 Å². The molecule has 4 nitrogen and oxygen atoms in total. The number of halogens is 2. The van der Waals surface area contributed by atoms with Crippen molar-refractivity contribution < 1.29 is 17.6 Å². The van der Waals surface area contributed by atoms with E-state index in [4.69, 9.17) is 0 Å². The van der Waals surface area contributed by atoms with E-state index in [-0.39, 0.29) is 11.3 Å². The third kappa shape index (κ3) is 2.97. The van der Waals surface area contributed by atoms with E-state index >= 15 is 0 Å². The average Bonchev–Trinajstić information content (AvgIpc) is 2.61. The van der Waals surface area contributed by atoms with E-state index in [0.29, 0.717) is 4.47 Å². The number of hydrogen-bond donors (Lipinski definition) is 1. The van der Waals surface area contributed by atoms with Crippen molar-refractivity contribution in [1.29, 1.82) is 0 Å². The van der Waals surface area contributed by atoms with Crippen molar-refractivity contribution in [2.24, 2.45) is 0 Å². The molecule has 0 aliphatic carbocycles. The van der Waals surface area contributed by atoms with Gasteiger partial charge in [-0.2, -0.15) is 0 Å². The molecule has 1 amide bonds. The zero-order valence-corrected chi connectivity index (χ0v) is 11.5. The molecule has 1 atom stereocenters. The minimum absolute atomic E-state index is 0.132. The Hall–Kier alpha value is -1.21. The molecule has 0 radical (unpaired) electrons. The highest BCUT2D eigenvalue weighted by Crippen LogP contribution is 2.18. The molecule has 1 N–H and O–H groups in total. The molecule has 1 aromatic rings. The van der Waals surface area contributed by atoms with E-state index in [1.807, 2.05) is 0 Å². The van der Waals surface area contributed by atoms with Crippen LogP contribution in [-0.4, -0.2) is 26.1 Å². The van der Waals surface area contributed by atoms with Crippen LogP contribution in [0.4, 0.5) is 4.39 Å². The van der Waals surface area contributed by atoms with Gasteiger partial charge in [-0.1, -0.05) is 0 Å². The van der Waals surface area contributed by atoms with Crippen LogP contribution in [-0.2, 0) is 9.84 Å². The summed E-state index contributed by atoms with van der Waals surface area (Å²) < 4.78 is 35.8. The van der Waals surface area contributed by atoms with Crippen LogP contribution in [0.15, 0.2) is 34.2 Å². The standard InChI is InChI=1S/C11H9BrFNO3S/c12-10-2-1-7(13)5-9(10)11(15)14-8-3-4-18(16,17)6-8/h1-5,8H,6H2,(H,14,15). The predicted octanol–water partition coefficient (Wildman–Crippen LogP) is 1.63. The van der Waals surface area contributed by atoms with Crippen molar-refractivity contribution in [2.45, 2.75) is 6.04 Å². The van der Waals surface area contributed by atoms with Gasteiger partial charge in [-0.05, 0) is 40.2 Å². The monoisotopic (exact) mass is 333 g/mol. The second-order valence-electron chi connectivity index (χ2n) is 3.86. The second kappa shape index (κ2) is 4.81. The first-order valence-corrected chi connectivity index (χ1v) is 7.55. The molecule has 1 aromatic carbocycles. The first kappa shape index (κ1) is 13.2. The molecule has 0 bridgehead atoms. The van der Waals surface area contributed by atoms with Gasteiger partial charge in [0.2, 0.25) is 0 Å². The maximum Gasteiger partial charge on any atom is 0.253 e. The fourth-order valence-corrected chi connectivity index (χ4v) is 3.25. The molecule has 0 spiro atoms. The number of benzene rings is 1. The molecule has 18 heavy (non-hydrogen) atoms. The summed E-state index contributed by atoms with van der Waals surface area (Å²) in [6.07, 6.45) is 1.40. The largest absolute Gasteiger partial charge is 0.345 e. The van der Waals surface area contributed by atoms with Crippen LogP contribution in [0.5, 0.6) is 0 Å². The predicted molar refractivity (Wildman–Crippen MR) is 68.3 cm³/mol. The fourth-order valence-electron chi connectivity index (χ4n) is 1.58. The Morgan fingerprint density at radius 2 is 2.17 bits per heavy atom. The molecular weight excluding hydrogens is 325 g/mol. The molecule has 0 fully saturated rings. The molecular formula is C11H9BrFNO3S. The molecule has 7 heteroatoms. The third-order valence-electron chi connectivity index (χ3n) is 2.42. The van der Waals surface area contributed by atoms with Crippen molar-refractivity contribution >= 4 is 31.7 Å². The normalized spacial score (nSPS) is 20.9. The number of carbonyl (C=O) groups is 1. The van der Waals surface area contributed by atoms with Crippen LogP contribution in [0.25, 0.3) is 0 Å². The lowest BCUT2D eigenvalue weighted by Gasteiger charge is -2.11. The van der Waals surface area contributed by atoms with Gasteiger partial charge >= 0.3 is 0 Å². The van der Waals surface area contributed by atoms with Crippen molar-refractivity contribution in [3.8, 4) is 0 Å². The van der Waals surface area contributed by atoms with E-state index in [9.17, 15) is 17.6 Å². The van der Waals surface area contributed by atoms with Crippen LogP contribution < -0.4 is 5.32 Å². The minimum atomic E-state index is -3.22. The Morgan fingerprint density at radius 3 is 2.78 bits per heavy atom. The molecule has 0 saturated heterocycles. The number of carbonyl (C=O) groups excluding carboxylic acids is 1. The summed E-state index contributed by atoms with van der Waals surface area (Å²) in [4.78, 5) is 11.8. The van der Waals surface area contributed by atoms with E-state index < -0.39 is 27.6 Å². The van der Waals surface area contributed by atoms with Gasteiger partial charge in [0.15, 0.2) is 9.84 Å². The third-order valence-corrected chi connectivity index (χ3v) is 4.51. The Morgan fingerprint density at radius 1 is 1.44 bits per heavy atom. The van der Waals surface area contributed by atoms with Gasteiger partial charge in [-0.3, -0.25) is 4.79 Å². The highest BCUT2D eigenvalue weighted by atomic mass is 79.9. The molecule has 1 aliphatic heterocycles. The number of nitrogens with one attached hydrogen (secondary N) is 1. The SMILES string of the molecule is O=C(NC1C=CS(=O)(=O)C1)c1cc(F)ccc1Br. The Kier molecular flexibility index (Phi) is 3.54. The van der Waals surface area contributed by atoms with Gasteiger partial charge in [0.05, 0.1) is 17.4 Å². The van der Waals surface area contributed by atoms with Crippen LogP contribution in [0.1, 0.15) is 10.4 Å². The maximum absolute atomic E-state index is 13.0. The summed E-state index contributed by atoms with van der Waals surface area (Å²) in [6, 6.07) is 3.16. The van der Waals surface area contributed by atoms with E-state index in [1.165, 1.54) is 18.2 Å². The van der Waals surface area contributed by atoms with Crippen molar-refractivity contribution in [3.63, 3.8) is 0 Å². The summed E-state index contributed by atoms with van der Waals surface area (Å²) >= 11 is 3.14. The zero-order valence-electron chi connectivity index (χ0n) is 9.06. The molecule has 2 rings (SSSR count). The fraction of sp³-hybridized carbons (Fsp3) is 0.182. The molecule has 96 valence electrons. The van der Waals surface area contributed by atoms with Gasteiger partial charge in [-0.15, -0.1) is 0 Å². The Bertz CT molecular complexity index is 627. The topological polar surface area (TPSA) is 63.2 Å². The lowest BCUT2D eigenvalue weighted by atomic mass is 10.2. The average molecular weight is 334 g/mol. The summed E-state index contributed by atoms with van der Waals surface area (Å²) in [7, 11) is -3.22. The molecule has 0 saturated carbocycles. The van der Waals surface area contributed by atoms with Gasteiger partial charge < -0.3 is 5.32 Å². The van der Waals surface area contributed by atoms with Crippen LogP contribution in [0.2, 0.25) is 0 Å². The smallest absolute Gasteiger partial charge is 0.253 e. The first-order chi connectivity index (χ1) is 8.37. The van der Waals surface area contributed by atoms with Gasteiger partial charge in [0.1, 0.15) is 5.82 Å². The van der Waals surface area contributed by atoms with Crippen LogP contribution >= 0.6 is 15.9 Å². The van der Waals surface area contributed by atoms with Crippen LogP contribution in [0, 0.1) is 5.82 Å².